The van der Waals surface area contributed by atoms with Gasteiger partial charge in [0, 0.05) is 24.6 Å². The Morgan fingerprint density at radius 3 is 2.90 bits per heavy atom. The molecule has 1 saturated carbocycles. The van der Waals surface area contributed by atoms with E-state index in [0.29, 0.717) is 25.7 Å². The Morgan fingerprint density at radius 2 is 2.05 bits per heavy atom. The van der Waals surface area contributed by atoms with Gasteiger partial charge in [-0.25, -0.2) is 0 Å². The first-order chi connectivity index (χ1) is 9.72. The first kappa shape index (κ1) is 12.4. The third-order valence-corrected chi connectivity index (χ3v) is 5.07. The lowest BCUT2D eigenvalue weighted by atomic mass is 10.00. The summed E-state index contributed by atoms with van der Waals surface area (Å²) < 4.78 is 5.39. The average Bonchev–Trinajstić information content (AvgIpc) is 3.14. The van der Waals surface area contributed by atoms with Crippen LogP contribution in [-0.2, 0) is 18.0 Å². The molecule has 2 heterocycles. The van der Waals surface area contributed by atoms with E-state index in [1.165, 1.54) is 5.56 Å². The van der Waals surface area contributed by atoms with Crippen LogP contribution in [0.5, 0.6) is 0 Å². The molecule has 0 bridgehead atoms. The number of ether oxygens (including phenoxy) is 1. The molecule has 1 aliphatic carbocycles. The zero-order valence-electron chi connectivity index (χ0n) is 11.4. The van der Waals surface area contributed by atoms with Crippen LogP contribution in [0, 0.1) is 11.8 Å². The lowest BCUT2D eigenvalue weighted by Crippen LogP contribution is -2.31. The van der Waals surface area contributed by atoms with Crippen LogP contribution < -0.4 is 0 Å². The van der Waals surface area contributed by atoms with Crippen LogP contribution >= 0.6 is 0 Å². The summed E-state index contributed by atoms with van der Waals surface area (Å²) in [5.41, 5.74) is 3.08. The molecule has 1 saturated heterocycles. The lowest BCUT2D eigenvalue weighted by molar-refractivity contribution is 0.0752. The number of amides is 1. The summed E-state index contributed by atoms with van der Waals surface area (Å²) in [7, 11) is 0. The van der Waals surface area contributed by atoms with Crippen molar-refractivity contribution >= 4 is 5.91 Å². The molecule has 4 rings (SSSR count). The van der Waals surface area contributed by atoms with Crippen molar-refractivity contribution in [3.05, 3.63) is 34.9 Å². The smallest absolute Gasteiger partial charge is 0.253 e. The van der Waals surface area contributed by atoms with Gasteiger partial charge in [-0.2, -0.15) is 0 Å². The van der Waals surface area contributed by atoms with Gasteiger partial charge in [0.1, 0.15) is 0 Å². The van der Waals surface area contributed by atoms with Crippen molar-refractivity contribution in [3.8, 4) is 0 Å². The summed E-state index contributed by atoms with van der Waals surface area (Å²) in [6, 6.07) is 5.87. The number of aliphatic hydroxyl groups is 1. The fourth-order valence-electron chi connectivity index (χ4n) is 3.89. The van der Waals surface area contributed by atoms with Gasteiger partial charge in [0.05, 0.1) is 19.3 Å². The van der Waals surface area contributed by atoms with E-state index in [2.05, 4.69) is 0 Å². The Labute approximate surface area is 118 Å². The van der Waals surface area contributed by atoms with E-state index in [0.717, 1.165) is 30.5 Å². The van der Waals surface area contributed by atoms with Crippen molar-refractivity contribution in [1.29, 1.82) is 0 Å². The van der Waals surface area contributed by atoms with E-state index in [1.54, 1.807) is 0 Å². The molecule has 3 atom stereocenters. The molecular formula is C16H19NO3. The Bertz CT molecular complexity index is 557. The third-order valence-electron chi connectivity index (χ3n) is 5.07. The summed E-state index contributed by atoms with van der Waals surface area (Å²) in [5, 5.41) is 9.94. The van der Waals surface area contributed by atoms with Gasteiger partial charge in [-0.3, -0.25) is 4.79 Å². The van der Waals surface area contributed by atoms with Crippen LogP contribution in [0.4, 0.5) is 0 Å². The molecule has 1 aromatic carbocycles. The van der Waals surface area contributed by atoms with Crippen molar-refractivity contribution < 1.29 is 14.6 Å². The Morgan fingerprint density at radius 1 is 1.20 bits per heavy atom. The number of hydrogen-bond acceptors (Lipinski definition) is 3. The van der Waals surface area contributed by atoms with Gasteiger partial charge >= 0.3 is 0 Å². The fourth-order valence-corrected chi connectivity index (χ4v) is 3.89. The van der Waals surface area contributed by atoms with Crippen molar-refractivity contribution in [1.82, 2.24) is 4.90 Å². The van der Waals surface area contributed by atoms with Crippen LogP contribution in [0.25, 0.3) is 0 Å². The van der Waals surface area contributed by atoms with Crippen LogP contribution in [0.3, 0.4) is 0 Å². The Hall–Kier alpha value is -1.39. The number of carbonyl (C=O) groups is 1. The standard InChI is InChI=1S/C16H19NO3/c18-15-4-3-11-6-17(7-14(11)15)16(19)10-1-2-12-8-20-9-13(12)5-10/h1-2,5,11,14-15,18H,3-4,6-9H2. The highest BCUT2D eigenvalue weighted by Gasteiger charge is 2.43. The molecule has 2 fully saturated rings. The maximum absolute atomic E-state index is 12.6. The predicted octanol–water partition coefficient (Wildman–Crippen LogP) is 1.56. The van der Waals surface area contributed by atoms with Gasteiger partial charge in [-0.15, -0.1) is 0 Å². The van der Waals surface area contributed by atoms with Crippen molar-refractivity contribution in [2.24, 2.45) is 11.8 Å². The molecule has 20 heavy (non-hydrogen) atoms. The first-order valence-corrected chi connectivity index (χ1v) is 7.39. The predicted molar refractivity (Wildman–Crippen MR) is 73.1 cm³/mol. The normalized spacial score (nSPS) is 31.4. The molecule has 0 spiro atoms. The topological polar surface area (TPSA) is 49.8 Å². The minimum absolute atomic E-state index is 0.0984. The number of aliphatic hydroxyl groups excluding tert-OH is 1. The minimum atomic E-state index is -0.216. The highest BCUT2D eigenvalue weighted by molar-refractivity contribution is 5.94. The molecule has 106 valence electrons. The number of carbonyl (C=O) groups excluding carboxylic acids is 1. The fraction of sp³-hybridized carbons (Fsp3) is 0.562. The molecular weight excluding hydrogens is 254 g/mol. The van der Waals surface area contributed by atoms with Gasteiger partial charge in [0.15, 0.2) is 0 Å². The molecule has 4 nitrogen and oxygen atoms in total. The van der Waals surface area contributed by atoms with Crippen molar-refractivity contribution in [3.63, 3.8) is 0 Å². The van der Waals surface area contributed by atoms with E-state index in [1.807, 2.05) is 23.1 Å². The minimum Gasteiger partial charge on any atom is -0.393 e. The van der Waals surface area contributed by atoms with E-state index >= 15 is 0 Å². The Kier molecular flexibility index (Phi) is 2.82. The zero-order valence-corrected chi connectivity index (χ0v) is 11.4. The molecule has 3 aliphatic rings. The lowest BCUT2D eigenvalue weighted by Gasteiger charge is -2.18. The van der Waals surface area contributed by atoms with Gasteiger partial charge in [-0.1, -0.05) is 6.07 Å². The zero-order chi connectivity index (χ0) is 13.7. The molecule has 1 N–H and O–H groups in total. The van der Waals surface area contributed by atoms with E-state index in [4.69, 9.17) is 4.74 Å². The van der Waals surface area contributed by atoms with Gasteiger partial charge in [0.25, 0.3) is 5.91 Å². The second-order valence-corrected chi connectivity index (χ2v) is 6.26. The summed E-state index contributed by atoms with van der Waals surface area (Å²) in [4.78, 5) is 14.5. The molecule has 1 amide bonds. The number of benzene rings is 1. The van der Waals surface area contributed by atoms with Crippen molar-refractivity contribution in [2.75, 3.05) is 13.1 Å². The third kappa shape index (κ3) is 1.86. The molecule has 0 aromatic heterocycles. The van der Waals surface area contributed by atoms with Gasteiger partial charge < -0.3 is 14.7 Å². The maximum atomic E-state index is 12.6. The summed E-state index contributed by atoms with van der Waals surface area (Å²) >= 11 is 0. The second-order valence-electron chi connectivity index (χ2n) is 6.26. The monoisotopic (exact) mass is 273 g/mol. The summed E-state index contributed by atoms with van der Waals surface area (Å²) in [5.74, 6) is 0.879. The van der Waals surface area contributed by atoms with E-state index < -0.39 is 0 Å². The van der Waals surface area contributed by atoms with Crippen LogP contribution in [0.15, 0.2) is 18.2 Å². The number of nitrogens with zero attached hydrogens (tertiary/aromatic N) is 1. The first-order valence-electron chi connectivity index (χ1n) is 7.39. The average molecular weight is 273 g/mol. The number of fused-ring (bicyclic) bond motifs is 2. The molecule has 3 unspecified atom stereocenters. The maximum Gasteiger partial charge on any atom is 0.253 e. The van der Waals surface area contributed by atoms with Gasteiger partial charge in [0.2, 0.25) is 0 Å². The van der Waals surface area contributed by atoms with Crippen LogP contribution in [-0.4, -0.2) is 35.1 Å². The SMILES string of the molecule is O=C(c1ccc2c(c1)COC2)N1CC2CCC(O)C2C1. The van der Waals surface area contributed by atoms with Gasteiger partial charge in [-0.05, 0) is 42.0 Å². The van der Waals surface area contributed by atoms with Crippen LogP contribution in [0.1, 0.15) is 34.3 Å². The quantitative estimate of drug-likeness (QED) is 0.845. The number of likely N-dealkylation sites (tertiary alicyclic amines) is 1. The van der Waals surface area contributed by atoms with E-state index in [-0.39, 0.29) is 17.9 Å². The largest absolute Gasteiger partial charge is 0.393 e. The number of rotatable bonds is 1. The highest BCUT2D eigenvalue weighted by atomic mass is 16.5. The molecule has 0 radical (unpaired) electrons. The van der Waals surface area contributed by atoms with Crippen LogP contribution in [0.2, 0.25) is 0 Å². The molecule has 1 aromatic rings. The van der Waals surface area contributed by atoms with E-state index in [9.17, 15) is 9.90 Å². The second kappa shape index (κ2) is 4.57. The molecule has 2 aliphatic heterocycles. The van der Waals surface area contributed by atoms with Crippen molar-refractivity contribution in [2.45, 2.75) is 32.2 Å². The Balaban J connectivity index is 1.53. The summed E-state index contributed by atoms with van der Waals surface area (Å²) in [6.07, 6.45) is 1.73. The highest BCUT2D eigenvalue weighted by Crippen LogP contribution is 2.38. The number of hydrogen-bond donors (Lipinski definition) is 1. The molecule has 4 heteroatoms. The summed E-state index contributed by atoms with van der Waals surface area (Å²) in [6.45, 7) is 2.77.